The molecule has 0 aliphatic carbocycles. The van der Waals surface area contributed by atoms with Crippen LogP contribution in [0, 0.1) is 5.92 Å². The van der Waals surface area contributed by atoms with E-state index in [0.717, 1.165) is 49.4 Å². The molecule has 0 unspecified atom stereocenters. The van der Waals surface area contributed by atoms with E-state index in [1.54, 1.807) is 30.3 Å². The van der Waals surface area contributed by atoms with Crippen molar-refractivity contribution in [3.8, 4) is 11.1 Å². The third kappa shape index (κ3) is 3.67. The highest BCUT2D eigenvalue weighted by Gasteiger charge is 2.34. The average Bonchev–Trinajstić information content (AvgIpc) is 2.67. The topological polar surface area (TPSA) is 62.5 Å². The maximum absolute atomic E-state index is 12.8. The zero-order valence-electron chi connectivity index (χ0n) is 16.4. The van der Waals surface area contributed by atoms with Crippen LogP contribution in [0.2, 0.25) is 0 Å². The monoisotopic (exact) mass is 378 g/mol. The maximum Gasteiger partial charge on any atom is 0.335 e. The van der Waals surface area contributed by atoms with Crippen LogP contribution >= 0.6 is 0 Å². The van der Waals surface area contributed by atoms with Gasteiger partial charge in [-0.1, -0.05) is 23.8 Å². The minimum atomic E-state index is -0.943. The lowest BCUT2D eigenvalue weighted by Crippen LogP contribution is -2.47. The van der Waals surface area contributed by atoms with Crippen LogP contribution in [-0.2, 0) is 6.54 Å². The zero-order valence-corrected chi connectivity index (χ0v) is 16.4. The number of rotatable bonds is 4. The van der Waals surface area contributed by atoms with Gasteiger partial charge in [0.25, 0.3) is 5.56 Å². The quantitative estimate of drug-likeness (QED) is 0.826. The van der Waals surface area contributed by atoms with E-state index in [0.29, 0.717) is 11.8 Å². The maximum atomic E-state index is 12.8. The molecule has 1 N–H and O–H groups in total. The van der Waals surface area contributed by atoms with Crippen molar-refractivity contribution >= 4 is 5.97 Å². The fourth-order valence-corrected chi connectivity index (χ4v) is 4.49. The second kappa shape index (κ2) is 7.40. The van der Waals surface area contributed by atoms with Crippen molar-refractivity contribution in [1.82, 2.24) is 9.47 Å². The number of fused-ring (bicyclic) bond motifs is 4. The number of allylic oxidation sites excluding steroid dienone is 1. The number of carbonyl (C=O) groups is 1. The minimum Gasteiger partial charge on any atom is -0.478 e. The van der Waals surface area contributed by atoms with Gasteiger partial charge in [0.15, 0.2) is 0 Å². The summed E-state index contributed by atoms with van der Waals surface area (Å²) in [6, 6.07) is 10.6. The van der Waals surface area contributed by atoms with E-state index in [2.05, 4.69) is 30.9 Å². The van der Waals surface area contributed by atoms with Gasteiger partial charge in [-0.25, -0.2) is 4.79 Å². The van der Waals surface area contributed by atoms with Crippen molar-refractivity contribution < 1.29 is 9.90 Å². The number of likely N-dealkylation sites (tertiary alicyclic amines) is 1. The summed E-state index contributed by atoms with van der Waals surface area (Å²) >= 11 is 0. The van der Waals surface area contributed by atoms with E-state index < -0.39 is 5.97 Å². The first-order valence-electron chi connectivity index (χ1n) is 9.85. The number of benzene rings is 1. The summed E-state index contributed by atoms with van der Waals surface area (Å²) in [7, 11) is 0. The lowest BCUT2D eigenvalue weighted by molar-refractivity contribution is 0.0697. The second-order valence-corrected chi connectivity index (χ2v) is 8.30. The Kier molecular flexibility index (Phi) is 4.94. The van der Waals surface area contributed by atoms with Gasteiger partial charge in [-0.2, -0.15) is 0 Å². The minimum absolute atomic E-state index is 0.0438. The van der Waals surface area contributed by atoms with Crippen molar-refractivity contribution in [1.29, 1.82) is 0 Å². The Balaban J connectivity index is 1.66. The fraction of sp³-hybridized carbons (Fsp3) is 0.391. The molecule has 1 aromatic carbocycles. The molecule has 1 aromatic heterocycles. The summed E-state index contributed by atoms with van der Waals surface area (Å²) in [6.45, 7) is 8.03. The summed E-state index contributed by atoms with van der Waals surface area (Å²) in [6.07, 6.45) is 3.40. The summed E-state index contributed by atoms with van der Waals surface area (Å²) in [5, 5.41) is 9.09. The smallest absolute Gasteiger partial charge is 0.335 e. The molecular weight excluding hydrogens is 352 g/mol. The largest absolute Gasteiger partial charge is 0.478 e. The molecule has 2 atom stereocenters. The van der Waals surface area contributed by atoms with E-state index in [9.17, 15) is 9.59 Å². The molecule has 2 aliphatic rings. The Morgan fingerprint density at radius 3 is 2.54 bits per heavy atom. The van der Waals surface area contributed by atoms with Gasteiger partial charge in [0.1, 0.15) is 0 Å². The van der Waals surface area contributed by atoms with Crippen molar-refractivity contribution in [3.63, 3.8) is 0 Å². The predicted octanol–water partition coefficient (Wildman–Crippen LogP) is 3.60. The molecule has 0 spiro atoms. The summed E-state index contributed by atoms with van der Waals surface area (Å²) in [4.78, 5) is 26.4. The number of aromatic nitrogens is 1. The molecule has 4 rings (SSSR count). The van der Waals surface area contributed by atoms with Crippen LogP contribution in [0.25, 0.3) is 11.1 Å². The number of nitrogens with zero attached hydrogens (tertiary/aromatic N) is 2. The Hall–Kier alpha value is -2.66. The Morgan fingerprint density at radius 1 is 1.11 bits per heavy atom. The molecule has 1 fully saturated rings. The zero-order chi connectivity index (χ0) is 19.8. The van der Waals surface area contributed by atoms with Gasteiger partial charge in [0.2, 0.25) is 0 Å². The van der Waals surface area contributed by atoms with Gasteiger partial charge in [-0.3, -0.25) is 9.69 Å². The van der Waals surface area contributed by atoms with E-state index in [-0.39, 0.29) is 11.1 Å². The summed E-state index contributed by atoms with van der Waals surface area (Å²) in [5.74, 6) is -0.0546. The van der Waals surface area contributed by atoms with Crippen LogP contribution in [-0.4, -0.2) is 40.2 Å². The van der Waals surface area contributed by atoms with Gasteiger partial charge >= 0.3 is 5.97 Å². The molecule has 0 amide bonds. The SMILES string of the molecule is CC(C)=CCN1C[C@@H]2C[C@H](C1)c1cc(-c3ccc(C(=O)O)cc3)cc(=O)n1C2. The highest BCUT2D eigenvalue weighted by atomic mass is 16.4. The third-order valence-corrected chi connectivity index (χ3v) is 5.85. The standard InChI is InChI=1S/C23H26N2O3/c1-15(2)7-8-24-12-16-9-20(14-24)21-10-19(11-22(26)25(21)13-16)17-3-5-18(6-4-17)23(27)28/h3-7,10-11,16,20H,8-9,12-14H2,1-2H3,(H,27,28)/t16-,20+/m0/s1. The van der Waals surface area contributed by atoms with Crippen molar-refractivity contribution in [3.05, 3.63) is 69.7 Å². The molecule has 146 valence electrons. The number of carboxylic acids is 1. The first-order chi connectivity index (χ1) is 13.4. The number of piperidine rings is 1. The fourth-order valence-electron chi connectivity index (χ4n) is 4.49. The number of carboxylic acid groups (broad SMARTS) is 1. The molecule has 2 aliphatic heterocycles. The van der Waals surface area contributed by atoms with Gasteiger partial charge < -0.3 is 9.67 Å². The lowest BCUT2D eigenvalue weighted by atomic mass is 9.82. The molecule has 2 aromatic rings. The highest BCUT2D eigenvalue weighted by molar-refractivity contribution is 5.88. The van der Waals surface area contributed by atoms with Gasteiger partial charge in [0.05, 0.1) is 5.56 Å². The number of pyridine rings is 1. The van der Waals surface area contributed by atoms with Crippen LogP contribution in [0.3, 0.4) is 0 Å². The van der Waals surface area contributed by atoms with Crippen molar-refractivity contribution in [2.24, 2.45) is 5.92 Å². The van der Waals surface area contributed by atoms with E-state index in [1.165, 1.54) is 5.57 Å². The van der Waals surface area contributed by atoms with E-state index in [4.69, 9.17) is 5.11 Å². The van der Waals surface area contributed by atoms with Crippen LogP contribution in [0.1, 0.15) is 42.2 Å². The van der Waals surface area contributed by atoms with Gasteiger partial charge in [-0.05, 0) is 55.5 Å². The van der Waals surface area contributed by atoms with E-state index >= 15 is 0 Å². The molecule has 5 heteroatoms. The number of hydrogen-bond acceptors (Lipinski definition) is 3. The normalized spacial score (nSPS) is 21.1. The molecule has 0 radical (unpaired) electrons. The predicted molar refractivity (Wildman–Crippen MR) is 110 cm³/mol. The first kappa shape index (κ1) is 18.7. The molecule has 1 saturated heterocycles. The molecule has 5 nitrogen and oxygen atoms in total. The van der Waals surface area contributed by atoms with Crippen molar-refractivity contribution in [2.45, 2.75) is 32.7 Å². The third-order valence-electron chi connectivity index (χ3n) is 5.85. The second-order valence-electron chi connectivity index (χ2n) is 8.30. The Morgan fingerprint density at radius 2 is 1.86 bits per heavy atom. The Labute approximate surface area is 164 Å². The van der Waals surface area contributed by atoms with Crippen molar-refractivity contribution in [2.75, 3.05) is 19.6 Å². The van der Waals surface area contributed by atoms with Crippen LogP contribution in [0.5, 0.6) is 0 Å². The van der Waals surface area contributed by atoms with Gasteiger partial charge in [0, 0.05) is 43.9 Å². The van der Waals surface area contributed by atoms with Crippen LogP contribution in [0.4, 0.5) is 0 Å². The molecule has 0 saturated carbocycles. The summed E-state index contributed by atoms with van der Waals surface area (Å²) in [5.41, 5.74) is 4.49. The van der Waals surface area contributed by atoms with E-state index in [1.807, 2.05) is 4.57 Å². The van der Waals surface area contributed by atoms with Crippen LogP contribution < -0.4 is 5.56 Å². The number of aromatic carboxylic acids is 1. The highest BCUT2D eigenvalue weighted by Crippen LogP contribution is 2.36. The van der Waals surface area contributed by atoms with Gasteiger partial charge in [-0.15, -0.1) is 0 Å². The molecule has 3 heterocycles. The molecule has 28 heavy (non-hydrogen) atoms. The number of hydrogen-bond donors (Lipinski definition) is 1. The molecular formula is C23H26N2O3. The summed E-state index contributed by atoms with van der Waals surface area (Å²) < 4.78 is 1.95. The Bertz CT molecular complexity index is 984. The average molecular weight is 378 g/mol. The first-order valence-corrected chi connectivity index (χ1v) is 9.85. The lowest BCUT2D eigenvalue weighted by Gasteiger charge is -2.42. The molecule has 2 bridgehead atoms. The van der Waals surface area contributed by atoms with Crippen LogP contribution in [0.15, 0.2) is 52.8 Å².